The van der Waals surface area contributed by atoms with E-state index >= 15 is 0 Å². The van der Waals surface area contributed by atoms with Crippen LogP contribution in [0.2, 0.25) is 0 Å². The molecule has 1 N–H and O–H groups in total. The fourth-order valence-electron chi connectivity index (χ4n) is 4.80. The summed E-state index contributed by atoms with van der Waals surface area (Å²) in [5, 5.41) is 20.1. The summed E-state index contributed by atoms with van der Waals surface area (Å²) >= 11 is 2.83. The number of carbonyl (C=O) groups excluding carboxylic acids is 2. The Morgan fingerprint density at radius 3 is 2.48 bits per heavy atom. The van der Waals surface area contributed by atoms with Gasteiger partial charge in [0.05, 0.1) is 57.4 Å². The van der Waals surface area contributed by atoms with Gasteiger partial charge < -0.3 is 28.8 Å². The number of para-hydroxylation sites is 1. The van der Waals surface area contributed by atoms with Crippen LogP contribution in [0.25, 0.3) is 0 Å². The van der Waals surface area contributed by atoms with Crippen molar-refractivity contribution in [3.63, 3.8) is 0 Å². The van der Waals surface area contributed by atoms with Crippen molar-refractivity contribution in [2.75, 3.05) is 34.2 Å². The first-order chi connectivity index (χ1) is 21.4. The standard InChI is InChI=1S/C30H32N6O6S2/c1-35-26(16-31-29(38)18-11-12-22(39-2)24(14-18)41-4)32-33-30(35)44-17-27(37)36-21(15-20(34-36)25-10-7-13-43-25)19-8-6-9-23(40-3)28(19)42-5/h6-14,21H,15-17H2,1-5H3,(H,31,38)/t21-/m1/s1. The smallest absolute Gasteiger partial charge is 0.253 e. The molecule has 0 spiro atoms. The normalized spacial score (nSPS) is 14.2. The highest BCUT2D eigenvalue weighted by Crippen LogP contribution is 2.42. The summed E-state index contributed by atoms with van der Waals surface area (Å²) in [4.78, 5) is 27.4. The number of thioether (sulfide) groups is 1. The summed E-state index contributed by atoms with van der Waals surface area (Å²) < 4.78 is 23.5. The predicted molar refractivity (Wildman–Crippen MR) is 167 cm³/mol. The molecule has 4 aromatic rings. The van der Waals surface area contributed by atoms with E-state index in [0.717, 1.165) is 16.2 Å². The fraction of sp³-hybridized carbons (Fsp3) is 0.300. The van der Waals surface area contributed by atoms with Gasteiger partial charge in [0.15, 0.2) is 34.0 Å². The molecule has 44 heavy (non-hydrogen) atoms. The average molecular weight is 637 g/mol. The minimum absolute atomic E-state index is 0.0774. The van der Waals surface area contributed by atoms with Crippen molar-refractivity contribution in [3.05, 3.63) is 75.7 Å². The van der Waals surface area contributed by atoms with Crippen LogP contribution >= 0.6 is 23.1 Å². The highest BCUT2D eigenvalue weighted by atomic mass is 32.2. The van der Waals surface area contributed by atoms with Crippen LogP contribution in [0.3, 0.4) is 0 Å². The first-order valence-electron chi connectivity index (χ1n) is 13.5. The summed E-state index contributed by atoms with van der Waals surface area (Å²) in [5.41, 5.74) is 2.06. The third kappa shape index (κ3) is 6.36. The summed E-state index contributed by atoms with van der Waals surface area (Å²) in [6, 6.07) is 14.2. The van der Waals surface area contributed by atoms with Gasteiger partial charge in [0.1, 0.15) is 0 Å². The Balaban J connectivity index is 1.28. The van der Waals surface area contributed by atoms with Gasteiger partial charge in [-0.3, -0.25) is 9.59 Å². The predicted octanol–water partition coefficient (Wildman–Crippen LogP) is 4.31. The average Bonchev–Trinajstić information content (AvgIpc) is 3.82. The molecule has 2 amide bonds. The van der Waals surface area contributed by atoms with Gasteiger partial charge in [-0.05, 0) is 35.7 Å². The van der Waals surface area contributed by atoms with Crippen LogP contribution in [0.4, 0.5) is 0 Å². The first kappa shape index (κ1) is 30.9. The maximum Gasteiger partial charge on any atom is 0.253 e. The molecule has 0 radical (unpaired) electrons. The number of thiophene rings is 1. The maximum absolute atomic E-state index is 13.7. The number of hydrazone groups is 1. The first-order valence-corrected chi connectivity index (χ1v) is 15.4. The van der Waals surface area contributed by atoms with Crippen molar-refractivity contribution >= 4 is 40.6 Å². The van der Waals surface area contributed by atoms with E-state index in [1.165, 1.54) is 31.0 Å². The van der Waals surface area contributed by atoms with Gasteiger partial charge in [-0.25, -0.2) is 5.01 Å². The van der Waals surface area contributed by atoms with E-state index in [2.05, 4.69) is 15.5 Å². The summed E-state index contributed by atoms with van der Waals surface area (Å²) in [6.45, 7) is 0.142. The molecule has 0 saturated carbocycles. The Morgan fingerprint density at radius 1 is 0.977 bits per heavy atom. The van der Waals surface area contributed by atoms with E-state index in [1.807, 2.05) is 35.7 Å². The number of nitrogens with zero attached hydrogens (tertiary/aromatic N) is 5. The molecule has 3 heterocycles. The SMILES string of the molecule is COc1ccc(C(=O)NCc2nnc(SCC(=O)N3N=C(c4cccs4)C[C@@H]3c3cccc(OC)c3OC)n2C)cc1OC. The molecule has 0 unspecified atom stereocenters. The number of methoxy groups -OCH3 is 4. The molecule has 230 valence electrons. The lowest BCUT2D eigenvalue weighted by atomic mass is 9.99. The molecule has 14 heteroatoms. The summed E-state index contributed by atoms with van der Waals surface area (Å²) in [5.74, 6) is 2.26. The molecule has 0 aliphatic carbocycles. The number of aromatic nitrogens is 3. The van der Waals surface area contributed by atoms with Gasteiger partial charge in [0.25, 0.3) is 11.8 Å². The van der Waals surface area contributed by atoms with Gasteiger partial charge in [0.2, 0.25) is 0 Å². The van der Waals surface area contributed by atoms with Crippen molar-refractivity contribution in [3.8, 4) is 23.0 Å². The molecule has 1 aliphatic heterocycles. The van der Waals surface area contributed by atoms with Crippen molar-refractivity contribution < 1.29 is 28.5 Å². The van der Waals surface area contributed by atoms with E-state index in [1.54, 1.807) is 55.4 Å². The van der Waals surface area contributed by atoms with Crippen LogP contribution in [0.1, 0.15) is 39.1 Å². The maximum atomic E-state index is 13.7. The molecule has 12 nitrogen and oxygen atoms in total. The Kier molecular flexibility index (Phi) is 9.70. The van der Waals surface area contributed by atoms with E-state index in [-0.39, 0.29) is 30.2 Å². The zero-order valence-electron chi connectivity index (χ0n) is 24.9. The zero-order valence-corrected chi connectivity index (χ0v) is 26.5. The third-order valence-corrected chi connectivity index (χ3v) is 8.99. The Hall–Kier alpha value is -4.56. The minimum atomic E-state index is -0.368. The second kappa shape index (κ2) is 13.8. The Morgan fingerprint density at radius 2 is 1.77 bits per heavy atom. The van der Waals surface area contributed by atoms with Crippen molar-refractivity contribution in [2.45, 2.75) is 24.2 Å². The number of benzene rings is 2. The molecular formula is C30H32N6O6S2. The van der Waals surface area contributed by atoms with Crippen LogP contribution in [0.5, 0.6) is 23.0 Å². The van der Waals surface area contributed by atoms with Crippen LogP contribution < -0.4 is 24.3 Å². The largest absolute Gasteiger partial charge is 0.493 e. The Bertz CT molecular complexity index is 1670. The second-order valence-corrected chi connectivity index (χ2v) is 11.5. The number of hydrogen-bond donors (Lipinski definition) is 1. The quantitative estimate of drug-likeness (QED) is 0.226. The lowest BCUT2D eigenvalue weighted by molar-refractivity contribution is -0.130. The van der Waals surface area contributed by atoms with Crippen molar-refractivity contribution in [2.24, 2.45) is 12.1 Å². The number of carbonyl (C=O) groups is 2. The lowest BCUT2D eigenvalue weighted by Gasteiger charge is -2.24. The number of ether oxygens (including phenoxy) is 4. The molecule has 0 bridgehead atoms. The molecule has 0 saturated heterocycles. The fourth-order valence-corrected chi connectivity index (χ4v) is 6.31. The van der Waals surface area contributed by atoms with E-state index in [4.69, 9.17) is 24.0 Å². The number of rotatable bonds is 12. The molecule has 5 rings (SSSR count). The molecule has 1 atom stereocenters. The topological polar surface area (TPSA) is 129 Å². The minimum Gasteiger partial charge on any atom is -0.493 e. The van der Waals surface area contributed by atoms with Crippen molar-refractivity contribution in [1.82, 2.24) is 25.1 Å². The van der Waals surface area contributed by atoms with Gasteiger partial charge in [-0.1, -0.05) is 30.0 Å². The van der Waals surface area contributed by atoms with Gasteiger partial charge in [-0.15, -0.1) is 21.5 Å². The number of hydrogen-bond acceptors (Lipinski definition) is 11. The van der Waals surface area contributed by atoms with Crippen molar-refractivity contribution in [1.29, 1.82) is 0 Å². The van der Waals surface area contributed by atoms with Crippen LogP contribution in [0, 0.1) is 0 Å². The molecule has 2 aromatic carbocycles. The van der Waals surface area contributed by atoms with Crippen LogP contribution in [0.15, 0.2) is 64.2 Å². The molecule has 2 aromatic heterocycles. The molecular weight excluding hydrogens is 605 g/mol. The lowest BCUT2D eigenvalue weighted by Crippen LogP contribution is -2.29. The van der Waals surface area contributed by atoms with E-state index in [9.17, 15) is 9.59 Å². The molecule has 1 aliphatic rings. The zero-order chi connectivity index (χ0) is 31.2. The Labute approximate surface area is 263 Å². The summed E-state index contributed by atoms with van der Waals surface area (Å²) in [7, 11) is 8.00. The second-order valence-electron chi connectivity index (χ2n) is 9.56. The monoisotopic (exact) mass is 636 g/mol. The van der Waals surface area contributed by atoms with E-state index < -0.39 is 0 Å². The van der Waals surface area contributed by atoms with Crippen LogP contribution in [-0.4, -0.2) is 71.5 Å². The highest BCUT2D eigenvalue weighted by Gasteiger charge is 2.36. The van der Waals surface area contributed by atoms with Gasteiger partial charge in [0, 0.05) is 24.6 Å². The van der Waals surface area contributed by atoms with E-state index in [0.29, 0.717) is 46.0 Å². The number of amides is 2. The highest BCUT2D eigenvalue weighted by molar-refractivity contribution is 7.99. The third-order valence-electron chi connectivity index (χ3n) is 7.07. The van der Waals surface area contributed by atoms with Gasteiger partial charge >= 0.3 is 0 Å². The molecule has 0 fully saturated rings. The number of nitrogens with one attached hydrogen (secondary N) is 1. The summed E-state index contributed by atoms with van der Waals surface area (Å²) in [6.07, 6.45) is 0.536. The van der Waals surface area contributed by atoms with Crippen LogP contribution in [-0.2, 0) is 18.4 Å². The van der Waals surface area contributed by atoms with Gasteiger partial charge in [-0.2, -0.15) is 5.10 Å².